The van der Waals surface area contributed by atoms with Gasteiger partial charge in [0.2, 0.25) is 5.89 Å². The van der Waals surface area contributed by atoms with Gasteiger partial charge in [0.05, 0.1) is 17.9 Å². The molecule has 1 aromatic rings. The van der Waals surface area contributed by atoms with Crippen molar-refractivity contribution < 1.29 is 4.52 Å². The van der Waals surface area contributed by atoms with Crippen LogP contribution >= 0.6 is 0 Å². The normalized spacial score (nSPS) is 30.9. The van der Waals surface area contributed by atoms with Crippen molar-refractivity contribution in [3.05, 3.63) is 11.7 Å². The van der Waals surface area contributed by atoms with E-state index in [4.69, 9.17) is 9.78 Å². The molecule has 2 aliphatic rings. The Labute approximate surface area is 107 Å². The van der Waals surface area contributed by atoms with Crippen LogP contribution in [0.15, 0.2) is 4.52 Å². The molecule has 96 valence electrons. The molecule has 4 nitrogen and oxygen atoms in total. The smallest absolute Gasteiger partial charge is 0.231 e. The second-order valence-electron chi connectivity index (χ2n) is 6.23. The molecule has 2 fully saturated rings. The summed E-state index contributed by atoms with van der Waals surface area (Å²) >= 11 is 0. The van der Waals surface area contributed by atoms with Gasteiger partial charge in [-0.15, -0.1) is 0 Å². The molecule has 1 heterocycles. The van der Waals surface area contributed by atoms with Crippen LogP contribution in [-0.2, 0) is 0 Å². The van der Waals surface area contributed by atoms with Crippen molar-refractivity contribution in [3.63, 3.8) is 0 Å². The lowest BCUT2D eigenvalue weighted by atomic mass is 9.89. The molecular weight excluding hydrogens is 226 g/mol. The first-order valence-corrected chi connectivity index (χ1v) is 6.87. The fourth-order valence-electron chi connectivity index (χ4n) is 3.24. The molecule has 2 aliphatic carbocycles. The molecule has 4 heteroatoms. The third-order valence-corrected chi connectivity index (χ3v) is 4.66. The van der Waals surface area contributed by atoms with Crippen LogP contribution in [0.2, 0.25) is 0 Å². The van der Waals surface area contributed by atoms with Crippen molar-refractivity contribution in [1.82, 2.24) is 10.1 Å². The average Bonchev–Trinajstić information content (AvgIpc) is 2.77. The van der Waals surface area contributed by atoms with Crippen molar-refractivity contribution in [3.8, 4) is 6.07 Å². The zero-order valence-electron chi connectivity index (χ0n) is 11.0. The Morgan fingerprint density at radius 3 is 2.61 bits per heavy atom. The number of hydrogen-bond acceptors (Lipinski definition) is 4. The molecule has 0 bridgehead atoms. The second-order valence-corrected chi connectivity index (χ2v) is 6.23. The molecule has 2 unspecified atom stereocenters. The molecule has 0 saturated heterocycles. The standard InChI is InChI=1S/C14H19N3O/c1-14(2)10(8-15)11(14)13-16-12(17-18-13)9-6-4-3-5-7-9/h9-11H,3-7H2,1-2H3. The average molecular weight is 245 g/mol. The van der Waals surface area contributed by atoms with Crippen LogP contribution in [-0.4, -0.2) is 10.1 Å². The Kier molecular flexibility index (Phi) is 2.65. The maximum Gasteiger partial charge on any atom is 0.231 e. The van der Waals surface area contributed by atoms with E-state index in [1.165, 1.54) is 32.1 Å². The van der Waals surface area contributed by atoms with E-state index in [1.54, 1.807) is 0 Å². The lowest BCUT2D eigenvalue weighted by Gasteiger charge is -2.17. The van der Waals surface area contributed by atoms with E-state index in [-0.39, 0.29) is 17.3 Å². The van der Waals surface area contributed by atoms with E-state index in [2.05, 4.69) is 30.1 Å². The van der Waals surface area contributed by atoms with Gasteiger partial charge in [-0.25, -0.2) is 0 Å². The summed E-state index contributed by atoms with van der Waals surface area (Å²) in [6.07, 6.45) is 6.21. The first-order chi connectivity index (χ1) is 8.64. The largest absolute Gasteiger partial charge is 0.339 e. The zero-order valence-corrected chi connectivity index (χ0v) is 11.0. The molecule has 18 heavy (non-hydrogen) atoms. The Balaban J connectivity index is 1.77. The molecule has 0 N–H and O–H groups in total. The van der Waals surface area contributed by atoms with Crippen molar-refractivity contribution in [2.24, 2.45) is 11.3 Å². The van der Waals surface area contributed by atoms with Gasteiger partial charge in [-0.05, 0) is 18.3 Å². The highest BCUT2D eigenvalue weighted by Gasteiger charge is 2.62. The summed E-state index contributed by atoms with van der Waals surface area (Å²) in [5.74, 6) is 2.17. The Bertz CT molecular complexity index is 479. The quantitative estimate of drug-likeness (QED) is 0.801. The summed E-state index contributed by atoms with van der Waals surface area (Å²) in [6.45, 7) is 4.19. The van der Waals surface area contributed by atoms with Crippen LogP contribution in [0, 0.1) is 22.7 Å². The molecule has 0 spiro atoms. The monoisotopic (exact) mass is 245 g/mol. The predicted molar refractivity (Wildman–Crippen MR) is 65.7 cm³/mol. The Hall–Kier alpha value is -1.37. The highest BCUT2D eigenvalue weighted by atomic mass is 16.5. The summed E-state index contributed by atoms with van der Waals surface area (Å²) in [4.78, 5) is 4.56. The zero-order chi connectivity index (χ0) is 12.8. The number of rotatable bonds is 2. The topological polar surface area (TPSA) is 62.7 Å². The summed E-state index contributed by atoms with van der Waals surface area (Å²) < 4.78 is 5.40. The van der Waals surface area contributed by atoms with Crippen LogP contribution in [0.3, 0.4) is 0 Å². The highest BCUT2D eigenvalue weighted by molar-refractivity contribution is 5.26. The van der Waals surface area contributed by atoms with Crippen molar-refractivity contribution in [2.45, 2.75) is 57.8 Å². The third-order valence-electron chi connectivity index (χ3n) is 4.66. The fraction of sp³-hybridized carbons (Fsp3) is 0.786. The minimum atomic E-state index is -0.00881. The third kappa shape index (κ3) is 1.73. The first-order valence-electron chi connectivity index (χ1n) is 6.87. The van der Waals surface area contributed by atoms with Crippen molar-refractivity contribution in [2.75, 3.05) is 0 Å². The van der Waals surface area contributed by atoms with Gasteiger partial charge < -0.3 is 4.52 Å². The molecular formula is C14H19N3O. The van der Waals surface area contributed by atoms with Crippen molar-refractivity contribution in [1.29, 1.82) is 5.26 Å². The molecule has 0 radical (unpaired) electrons. The predicted octanol–water partition coefficient (Wildman–Crippen LogP) is 3.38. The van der Waals surface area contributed by atoms with Crippen LogP contribution in [0.4, 0.5) is 0 Å². The molecule has 0 aromatic carbocycles. The minimum absolute atomic E-state index is 0.00881. The summed E-state index contributed by atoms with van der Waals surface area (Å²) in [6, 6.07) is 2.34. The lowest BCUT2D eigenvalue weighted by molar-refractivity contribution is 0.350. The molecule has 0 aliphatic heterocycles. The lowest BCUT2D eigenvalue weighted by Crippen LogP contribution is -2.06. The maximum absolute atomic E-state index is 9.09. The van der Waals surface area contributed by atoms with Gasteiger partial charge in [-0.2, -0.15) is 10.2 Å². The maximum atomic E-state index is 9.09. The highest BCUT2D eigenvalue weighted by Crippen LogP contribution is 2.63. The molecule has 0 amide bonds. The fourth-order valence-corrected chi connectivity index (χ4v) is 3.24. The van der Waals surface area contributed by atoms with E-state index in [1.807, 2.05) is 0 Å². The van der Waals surface area contributed by atoms with E-state index >= 15 is 0 Å². The molecule has 3 rings (SSSR count). The number of hydrogen-bond donors (Lipinski definition) is 0. The minimum Gasteiger partial charge on any atom is -0.339 e. The van der Waals surface area contributed by atoms with Gasteiger partial charge in [-0.1, -0.05) is 38.3 Å². The van der Waals surface area contributed by atoms with Crippen molar-refractivity contribution >= 4 is 0 Å². The van der Waals surface area contributed by atoms with Gasteiger partial charge in [0.1, 0.15) is 0 Å². The van der Waals surface area contributed by atoms with Gasteiger partial charge in [0, 0.05) is 5.92 Å². The SMILES string of the molecule is CC1(C)C(C#N)C1c1nc(C2CCCCC2)no1. The molecule has 2 atom stereocenters. The van der Waals surface area contributed by atoms with Crippen LogP contribution in [0.5, 0.6) is 0 Å². The first kappa shape index (κ1) is 11.7. The summed E-state index contributed by atoms with van der Waals surface area (Å²) in [5.41, 5.74) is -0.00881. The number of aromatic nitrogens is 2. The molecule has 2 saturated carbocycles. The van der Waals surface area contributed by atoms with Gasteiger partial charge in [-0.3, -0.25) is 0 Å². The van der Waals surface area contributed by atoms with Crippen LogP contribution < -0.4 is 0 Å². The van der Waals surface area contributed by atoms with E-state index in [9.17, 15) is 0 Å². The number of nitriles is 1. The van der Waals surface area contributed by atoms with Gasteiger partial charge in [0.15, 0.2) is 5.82 Å². The van der Waals surface area contributed by atoms with Crippen LogP contribution in [0.1, 0.15) is 69.5 Å². The van der Waals surface area contributed by atoms with E-state index < -0.39 is 0 Å². The second kappa shape index (κ2) is 4.08. The van der Waals surface area contributed by atoms with Gasteiger partial charge in [0.25, 0.3) is 0 Å². The van der Waals surface area contributed by atoms with E-state index in [0.29, 0.717) is 11.8 Å². The summed E-state index contributed by atoms with van der Waals surface area (Å²) in [5, 5.41) is 13.2. The number of nitrogens with zero attached hydrogens (tertiary/aromatic N) is 3. The summed E-state index contributed by atoms with van der Waals surface area (Å²) in [7, 11) is 0. The molecule has 1 aromatic heterocycles. The van der Waals surface area contributed by atoms with E-state index in [0.717, 1.165) is 5.82 Å². The Morgan fingerprint density at radius 2 is 2.00 bits per heavy atom. The van der Waals surface area contributed by atoms with Gasteiger partial charge >= 0.3 is 0 Å². The van der Waals surface area contributed by atoms with Crippen LogP contribution in [0.25, 0.3) is 0 Å². The Morgan fingerprint density at radius 1 is 1.28 bits per heavy atom.